The molecule has 0 bridgehead atoms. The minimum absolute atomic E-state index is 0.0413. The van der Waals surface area contributed by atoms with E-state index >= 15 is 0 Å². The van der Waals surface area contributed by atoms with E-state index in [9.17, 15) is 22.8 Å². The van der Waals surface area contributed by atoms with Crippen LogP contribution in [0.15, 0.2) is 0 Å². The zero-order chi connectivity index (χ0) is 16.4. The first-order chi connectivity index (χ1) is 10.2. The van der Waals surface area contributed by atoms with Crippen LogP contribution in [0, 0.1) is 11.3 Å². The SMILES string of the molecule is O=C(O)CCCNC(=O)N1CCC(C(F)(F)F)C2(CCC2)C1. The first-order valence-corrected chi connectivity index (χ1v) is 7.56. The lowest BCUT2D eigenvalue weighted by atomic mass is 9.58. The van der Waals surface area contributed by atoms with E-state index in [-0.39, 0.29) is 32.5 Å². The normalized spacial score (nSPS) is 24.0. The number of piperidine rings is 1. The molecule has 1 heterocycles. The van der Waals surface area contributed by atoms with Crippen LogP contribution in [0.3, 0.4) is 0 Å². The van der Waals surface area contributed by atoms with E-state index in [1.54, 1.807) is 0 Å². The Kier molecular flexibility index (Phi) is 4.87. The maximum atomic E-state index is 13.1. The van der Waals surface area contributed by atoms with Crippen molar-refractivity contribution in [2.75, 3.05) is 19.6 Å². The monoisotopic (exact) mass is 322 g/mol. The van der Waals surface area contributed by atoms with Crippen LogP contribution >= 0.6 is 0 Å². The quantitative estimate of drug-likeness (QED) is 0.782. The number of aliphatic carboxylic acids is 1. The Morgan fingerprint density at radius 1 is 1.32 bits per heavy atom. The third-order valence-corrected chi connectivity index (χ3v) is 4.81. The van der Waals surface area contributed by atoms with E-state index < -0.39 is 29.5 Å². The Morgan fingerprint density at radius 2 is 2.00 bits per heavy atom. The van der Waals surface area contributed by atoms with Crippen LogP contribution in [-0.4, -0.2) is 47.8 Å². The van der Waals surface area contributed by atoms with Crippen LogP contribution < -0.4 is 5.32 Å². The van der Waals surface area contributed by atoms with Crippen LogP contribution in [0.25, 0.3) is 0 Å². The van der Waals surface area contributed by atoms with E-state index in [0.29, 0.717) is 19.3 Å². The van der Waals surface area contributed by atoms with Crippen LogP contribution in [0.2, 0.25) is 0 Å². The third-order valence-electron chi connectivity index (χ3n) is 4.81. The van der Waals surface area contributed by atoms with Gasteiger partial charge in [0.05, 0.1) is 5.92 Å². The molecule has 0 aromatic carbocycles. The number of amides is 2. The first-order valence-electron chi connectivity index (χ1n) is 7.56. The van der Waals surface area contributed by atoms with Crippen LogP contribution in [0.4, 0.5) is 18.0 Å². The van der Waals surface area contributed by atoms with Gasteiger partial charge < -0.3 is 15.3 Å². The number of carboxylic acid groups (broad SMARTS) is 1. The summed E-state index contributed by atoms with van der Waals surface area (Å²) in [5.74, 6) is -2.25. The van der Waals surface area contributed by atoms with Crippen molar-refractivity contribution in [3.05, 3.63) is 0 Å². The zero-order valence-electron chi connectivity index (χ0n) is 12.3. The fourth-order valence-electron chi connectivity index (χ4n) is 3.53. The lowest BCUT2D eigenvalue weighted by Crippen LogP contribution is -2.59. The lowest BCUT2D eigenvalue weighted by Gasteiger charge is -2.54. The average molecular weight is 322 g/mol. The Balaban J connectivity index is 1.87. The molecule has 1 saturated carbocycles. The van der Waals surface area contributed by atoms with E-state index in [2.05, 4.69) is 5.32 Å². The second-order valence-corrected chi connectivity index (χ2v) is 6.25. The first kappa shape index (κ1) is 16.9. The van der Waals surface area contributed by atoms with Crippen molar-refractivity contribution in [1.82, 2.24) is 10.2 Å². The fraction of sp³-hybridized carbons (Fsp3) is 0.857. The molecule has 2 fully saturated rings. The number of rotatable bonds is 4. The molecular formula is C14H21F3N2O3. The number of hydrogen-bond donors (Lipinski definition) is 2. The number of likely N-dealkylation sites (tertiary alicyclic amines) is 1. The number of carbonyl (C=O) groups excluding carboxylic acids is 1. The molecule has 22 heavy (non-hydrogen) atoms. The van der Waals surface area contributed by atoms with Gasteiger partial charge in [0.25, 0.3) is 0 Å². The highest BCUT2D eigenvalue weighted by molar-refractivity contribution is 5.74. The molecule has 1 spiro atoms. The number of hydrogen-bond acceptors (Lipinski definition) is 2. The summed E-state index contributed by atoms with van der Waals surface area (Å²) in [4.78, 5) is 23.8. The van der Waals surface area contributed by atoms with Crippen LogP contribution in [0.1, 0.15) is 38.5 Å². The van der Waals surface area contributed by atoms with Crippen molar-refractivity contribution in [1.29, 1.82) is 0 Å². The number of nitrogens with zero attached hydrogens (tertiary/aromatic N) is 1. The van der Waals surface area contributed by atoms with Gasteiger partial charge in [0.1, 0.15) is 0 Å². The molecule has 2 rings (SSSR count). The van der Waals surface area contributed by atoms with Crippen molar-refractivity contribution < 1.29 is 27.9 Å². The number of urea groups is 1. The lowest BCUT2D eigenvalue weighted by molar-refractivity contribution is -0.235. The molecule has 1 aliphatic carbocycles. The van der Waals surface area contributed by atoms with Crippen molar-refractivity contribution >= 4 is 12.0 Å². The second kappa shape index (κ2) is 6.34. The van der Waals surface area contributed by atoms with Crippen LogP contribution in [-0.2, 0) is 4.79 Å². The van der Waals surface area contributed by atoms with E-state index in [4.69, 9.17) is 5.11 Å². The summed E-state index contributed by atoms with van der Waals surface area (Å²) in [7, 11) is 0. The third kappa shape index (κ3) is 3.64. The van der Waals surface area contributed by atoms with Crippen LogP contribution in [0.5, 0.6) is 0 Å². The summed E-state index contributed by atoms with van der Waals surface area (Å²) >= 11 is 0. The topological polar surface area (TPSA) is 69.6 Å². The number of carbonyl (C=O) groups is 2. The number of carboxylic acids is 1. The van der Waals surface area contributed by atoms with Crippen molar-refractivity contribution in [3.8, 4) is 0 Å². The number of alkyl halides is 3. The second-order valence-electron chi connectivity index (χ2n) is 6.25. The Labute approximate surface area is 126 Å². The van der Waals surface area contributed by atoms with Gasteiger partial charge in [-0.1, -0.05) is 6.42 Å². The molecule has 0 radical (unpaired) electrons. The molecule has 1 saturated heterocycles. The zero-order valence-corrected chi connectivity index (χ0v) is 12.3. The predicted octanol–water partition coefficient (Wildman–Crippen LogP) is 2.62. The summed E-state index contributed by atoms with van der Waals surface area (Å²) in [6.07, 6.45) is -2.18. The molecule has 2 aliphatic rings. The summed E-state index contributed by atoms with van der Waals surface area (Å²) in [5, 5.41) is 11.1. The van der Waals surface area contributed by atoms with Gasteiger partial charge in [0.2, 0.25) is 0 Å². The summed E-state index contributed by atoms with van der Waals surface area (Å²) in [5.41, 5.74) is -0.811. The molecule has 2 N–H and O–H groups in total. The van der Waals surface area contributed by atoms with Crippen molar-refractivity contribution in [2.45, 2.75) is 44.7 Å². The molecule has 0 aromatic heterocycles. The predicted molar refractivity (Wildman–Crippen MR) is 72.3 cm³/mol. The average Bonchev–Trinajstić information content (AvgIpc) is 2.39. The highest BCUT2D eigenvalue weighted by Crippen LogP contribution is 2.56. The molecule has 5 nitrogen and oxygen atoms in total. The molecule has 2 amide bonds. The molecule has 0 aromatic rings. The largest absolute Gasteiger partial charge is 0.481 e. The van der Waals surface area contributed by atoms with E-state index in [0.717, 1.165) is 6.42 Å². The van der Waals surface area contributed by atoms with Crippen molar-refractivity contribution in [2.24, 2.45) is 11.3 Å². The fourth-order valence-corrected chi connectivity index (χ4v) is 3.53. The van der Waals surface area contributed by atoms with E-state index in [1.165, 1.54) is 4.90 Å². The molecule has 1 unspecified atom stereocenters. The molecule has 1 atom stereocenters. The number of nitrogens with one attached hydrogen (secondary N) is 1. The molecule has 8 heteroatoms. The minimum Gasteiger partial charge on any atom is -0.481 e. The molecular weight excluding hydrogens is 301 g/mol. The van der Waals surface area contributed by atoms with Gasteiger partial charge in [0.15, 0.2) is 0 Å². The highest BCUT2D eigenvalue weighted by atomic mass is 19.4. The Bertz CT molecular complexity index is 436. The van der Waals surface area contributed by atoms with Gasteiger partial charge in [-0.15, -0.1) is 0 Å². The highest BCUT2D eigenvalue weighted by Gasteiger charge is 2.58. The van der Waals surface area contributed by atoms with E-state index in [1.807, 2.05) is 0 Å². The van der Waals surface area contributed by atoms with Gasteiger partial charge >= 0.3 is 18.2 Å². The minimum atomic E-state index is -4.20. The van der Waals surface area contributed by atoms with Gasteiger partial charge in [-0.25, -0.2) is 4.79 Å². The summed E-state index contributed by atoms with van der Waals surface area (Å²) in [6.45, 7) is 0.454. The van der Waals surface area contributed by atoms with Crippen molar-refractivity contribution in [3.63, 3.8) is 0 Å². The summed E-state index contributed by atoms with van der Waals surface area (Å²) in [6, 6.07) is -0.391. The maximum Gasteiger partial charge on any atom is 0.392 e. The van der Waals surface area contributed by atoms with Gasteiger partial charge in [-0.2, -0.15) is 13.2 Å². The Hall–Kier alpha value is -1.47. The molecule has 126 valence electrons. The van der Waals surface area contributed by atoms with Gasteiger partial charge in [-0.3, -0.25) is 4.79 Å². The van der Waals surface area contributed by atoms with Gasteiger partial charge in [-0.05, 0) is 31.1 Å². The molecule has 1 aliphatic heterocycles. The Morgan fingerprint density at radius 3 is 2.50 bits per heavy atom. The smallest absolute Gasteiger partial charge is 0.392 e. The maximum absolute atomic E-state index is 13.1. The van der Waals surface area contributed by atoms with Gasteiger partial charge in [0, 0.05) is 26.1 Å². The summed E-state index contributed by atoms with van der Waals surface area (Å²) < 4.78 is 39.4. The standard InChI is InChI=1S/C14H21F3N2O3/c15-14(16,17)10-4-8-19(9-13(10)5-2-6-13)12(22)18-7-1-3-11(20)21/h10H,1-9H2,(H,18,22)(H,20,21). The number of halogens is 3.